The van der Waals surface area contributed by atoms with E-state index < -0.39 is 18.9 Å². The first-order valence-corrected chi connectivity index (χ1v) is 12.7. The Morgan fingerprint density at radius 3 is 2.60 bits per heavy atom. The number of aromatic amines is 1. The van der Waals surface area contributed by atoms with Crippen molar-refractivity contribution in [2.24, 2.45) is 0 Å². The van der Waals surface area contributed by atoms with E-state index in [0.717, 1.165) is 18.7 Å². The van der Waals surface area contributed by atoms with Crippen molar-refractivity contribution in [2.45, 2.75) is 25.3 Å². The molecule has 1 aliphatic carbocycles. The third-order valence-electron chi connectivity index (χ3n) is 6.42. The molecule has 0 amide bonds. The molecule has 1 saturated carbocycles. The van der Waals surface area contributed by atoms with Crippen LogP contribution in [-0.2, 0) is 6.42 Å². The topological polar surface area (TPSA) is 69.2 Å². The van der Waals surface area contributed by atoms with Gasteiger partial charge in [0, 0.05) is 0 Å². The first-order chi connectivity index (χ1) is 14.4. The number of halogens is 2. The summed E-state index contributed by atoms with van der Waals surface area (Å²) in [7, 11) is -2.88. The minimum absolute atomic E-state index is 0.239. The molecular formula is C22H24F2N3O2P. The van der Waals surface area contributed by atoms with Crippen molar-refractivity contribution in [2.75, 3.05) is 25.4 Å². The summed E-state index contributed by atoms with van der Waals surface area (Å²) in [5.74, 6) is -0.839. The Morgan fingerprint density at radius 1 is 1.10 bits per heavy atom. The van der Waals surface area contributed by atoms with Gasteiger partial charge in [0.25, 0.3) is 0 Å². The van der Waals surface area contributed by atoms with Crippen LogP contribution < -0.4 is 10.9 Å². The SMILES string of the molecule is O=c1[nH]nc(Cc2ccc(F)c([PH]3(O)CCN(C4CC4)CC3)c2)c2ccc(F)cc12. The maximum absolute atomic E-state index is 14.7. The quantitative estimate of drug-likeness (QED) is 0.623. The number of nitrogens with zero attached hydrogens (tertiary/aromatic N) is 2. The Hall–Kier alpha value is -2.21. The molecule has 0 atom stereocenters. The Morgan fingerprint density at radius 2 is 1.87 bits per heavy atom. The van der Waals surface area contributed by atoms with Gasteiger partial charge in [0.05, 0.1) is 0 Å². The van der Waals surface area contributed by atoms with Crippen LogP contribution in [0.5, 0.6) is 0 Å². The second-order valence-corrected chi connectivity index (χ2v) is 12.1. The molecule has 0 unspecified atom stereocenters. The van der Waals surface area contributed by atoms with Crippen molar-refractivity contribution < 1.29 is 13.7 Å². The van der Waals surface area contributed by atoms with Gasteiger partial charge in [0.1, 0.15) is 0 Å². The van der Waals surface area contributed by atoms with E-state index in [0.29, 0.717) is 41.2 Å². The first kappa shape index (κ1) is 19.7. The number of hydrogen-bond donors (Lipinski definition) is 2. The molecule has 158 valence electrons. The van der Waals surface area contributed by atoms with Crippen LogP contribution in [0.25, 0.3) is 10.8 Å². The van der Waals surface area contributed by atoms with Crippen LogP contribution in [0.2, 0.25) is 0 Å². The van der Waals surface area contributed by atoms with Crippen molar-refractivity contribution in [3.05, 3.63) is 69.6 Å². The van der Waals surface area contributed by atoms with Crippen molar-refractivity contribution in [3.8, 4) is 0 Å². The van der Waals surface area contributed by atoms with Crippen LogP contribution in [0.15, 0.2) is 41.2 Å². The van der Waals surface area contributed by atoms with E-state index in [-0.39, 0.29) is 11.2 Å². The number of benzene rings is 2. The van der Waals surface area contributed by atoms with Gasteiger partial charge in [-0.1, -0.05) is 0 Å². The predicted molar refractivity (Wildman–Crippen MR) is 116 cm³/mol. The Labute approximate surface area is 173 Å². The number of rotatable bonds is 4. The van der Waals surface area contributed by atoms with Crippen LogP contribution in [0, 0.1) is 11.6 Å². The van der Waals surface area contributed by atoms with Crippen LogP contribution in [0.1, 0.15) is 24.1 Å². The number of H-pyrrole nitrogens is 1. The molecule has 2 N–H and O–H groups in total. The van der Waals surface area contributed by atoms with Gasteiger partial charge >= 0.3 is 173 Å². The standard InChI is InChI=1S/C22H24F2N3O2P/c23-15-2-5-17-18(13-15)22(28)26-25-20(17)11-14-1-6-19(24)21(12-14)30(29)9-7-27(8-10-30)16-3-4-16/h1-2,5-6,12-13,16,29-30H,3-4,7-11H2,(H,26,28). The van der Waals surface area contributed by atoms with Crippen LogP contribution in [0.3, 0.4) is 0 Å². The molecule has 2 aliphatic rings. The van der Waals surface area contributed by atoms with Gasteiger partial charge in [-0.15, -0.1) is 0 Å². The molecule has 1 aliphatic heterocycles. The molecule has 5 nitrogen and oxygen atoms in total. The van der Waals surface area contributed by atoms with Crippen molar-refractivity contribution in [1.29, 1.82) is 0 Å². The van der Waals surface area contributed by atoms with Gasteiger partial charge in [-0.2, -0.15) is 0 Å². The zero-order valence-corrected chi connectivity index (χ0v) is 17.5. The third kappa shape index (κ3) is 3.66. The summed E-state index contributed by atoms with van der Waals surface area (Å²) in [4.78, 5) is 25.8. The summed E-state index contributed by atoms with van der Waals surface area (Å²) < 4.78 is 28.3. The fourth-order valence-corrected chi connectivity index (χ4v) is 7.61. The van der Waals surface area contributed by atoms with Gasteiger partial charge in [-0.25, -0.2) is 0 Å². The molecule has 2 aromatic carbocycles. The monoisotopic (exact) mass is 431 g/mol. The summed E-state index contributed by atoms with van der Waals surface area (Å²) in [6.45, 7) is 1.66. The Bertz CT molecular complexity index is 1170. The van der Waals surface area contributed by atoms with Crippen LogP contribution in [0.4, 0.5) is 8.78 Å². The van der Waals surface area contributed by atoms with E-state index in [4.69, 9.17) is 0 Å². The van der Waals surface area contributed by atoms with Crippen LogP contribution >= 0.6 is 7.49 Å². The summed E-state index contributed by atoms with van der Waals surface area (Å²) in [5.41, 5.74) is 0.943. The number of nitrogens with one attached hydrogen (secondary N) is 1. The zero-order valence-electron chi connectivity index (χ0n) is 16.5. The van der Waals surface area contributed by atoms with E-state index in [1.807, 2.05) is 0 Å². The molecule has 0 bridgehead atoms. The van der Waals surface area contributed by atoms with Crippen molar-refractivity contribution in [3.63, 3.8) is 0 Å². The van der Waals surface area contributed by atoms with E-state index in [1.165, 1.54) is 31.0 Å². The zero-order chi connectivity index (χ0) is 20.9. The summed E-state index contributed by atoms with van der Waals surface area (Å²) in [5, 5.41) is 7.82. The number of fused-ring (bicyclic) bond motifs is 1. The second-order valence-electron chi connectivity index (χ2n) is 8.48. The number of aromatic nitrogens is 2. The van der Waals surface area contributed by atoms with Gasteiger partial charge in [0.15, 0.2) is 0 Å². The van der Waals surface area contributed by atoms with Crippen molar-refractivity contribution >= 4 is 23.6 Å². The van der Waals surface area contributed by atoms with Gasteiger partial charge in [-0.3, -0.25) is 0 Å². The molecule has 5 rings (SSSR count). The third-order valence-corrected chi connectivity index (χ3v) is 9.91. The Kier molecular flexibility index (Phi) is 4.92. The van der Waals surface area contributed by atoms with Gasteiger partial charge < -0.3 is 0 Å². The first-order valence-electron chi connectivity index (χ1n) is 10.4. The molecule has 1 saturated heterocycles. The molecule has 2 fully saturated rings. The molecule has 8 heteroatoms. The van der Waals surface area contributed by atoms with E-state index in [1.54, 1.807) is 18.2 Å². The molecule has 0 spiro atoms. The fourth-order valence-electron chi connectivity index (χ4n) is 4.53. The van der Waals surface area contributed by atoms with Gasteiger partial charge in [0.2, 0.25) is 0 Å². The van der Waals surface area contributed by atoms with Crippen LogP contribution in [-0.4, -0.2) is 51.4 Å². The average Bonchev–Trinajstić information content (AvgIpc) is 3.57. The fraction of sp³-hybridized carbons (Fsp3) is 0.364. The Balaban J connectivity index is 1.45. The molecule has 2 heterocycles. The summed E-state index contributed by atoms with van der Waals surface area (Å²) in [6.07, 6.45) is 4.10. The summed E-state index contributed by atoms with van der Waals surface area (Å²) in [6, 6.07) is 9.54. The number of hydrogen-bond acceptors (Lipinski definition) is 4. The normalized spacial score (nSPS) is 20.4. The molecule has 30 heavy (non-hydrogen) atoms. The van der Waals surface area contributed by atoms with E-state index in [9.17, 15) is 18.5 Å². The maximum atomic E-state index is 14.7. The second kappa shape index (κ2) is 7.49. The molecule has 3 aromatic rings. The molecular weight excluding hydrogens is 407 g/mol. The van der Waals surface area contributed by atoms with Gasteiger partial charge in [-0.05, 0) is 0 Å². The summed E-state index contributed by atoms with van der Waals surface area (Å²) >= 11 is 0. The van der Waals surface area contributed by atoms with E-state index >= 15 is 0 Å². The average molecular weight is 431 g/mol. The minimum atomic E-state index is -2.88. The molecule has 0 radical (unpaired) electrons. The molecule has 1 aromatic heterocycles. The predicted octanol–water partition coefficient (Wildman–Crippen LogP) is 2.55. The van der Waals surface area contributed by atoms with Crippen molar-refractivity contribution in [1.82, 2.24) is 15.1 Å². The van der Waals surface area contributed by atoms with E-state index in [2.05, 4.69) is 15.1 Å².